The Balaban J connectivity index is 5.22. The number of hydrogen-bond acceptors (Lipinski definition) is 15. The van der Waals surface area contributed by atoms with Gasteiger partial charge >= 0.3 is 39.5 Å². The number of carbonyl (C=O) groups excluding carboxylic acids is 4. The van der Waals surface area contributed by atoms with E-state index < -0.39 is 97.5 Å². The number of aliphatic hydroxyl groups excluding tert-OH is 1. The highest BCUT2D eigenvalue weighted by atomic mass is 31.2. The minimum atomic E-state index is -4.96. The van der Waals surface area contributed by atoms with E-state index in [1.54, 1.807) is 0 Å². The van der Waals surface area contributed by atoms with E-state index in [1.165, 1.54) is 225 Å². The lowest BCUT2D eigenvalue weighted by Gasteiger charge is -2.21. The van der Waals surface area contributed by atoms with Crippen molar-refractivity contribution in [1.29, 1.82) is 0 Å². The zero-order valence-corrected chi connectivity index (χ0v) is 65.2. The van der Waals surface area contributed by atoms with E-state index in [4.69, 9.17) is 37.0 Å². The number of ether oxygens (including phenoxy) is 4. The van der Waals surface area contributed by atoms with Crippen molar-refractivity contribution in [2.24, 2.45) is 11.8 Å². The van der Waals surface area contributed by atoms with Crippen LogP contribution in [0.15, 0.2) is 0 Å². The van der Waals surface area contributed by atoms with E-state index in [1.807, 2.05) is 0 Å². The number of rotatable bonds is 77. The second-order valence-corrected chi connectivity index (χ2v) is 32.0. The van der Waals surface area contributed by atoms with E-state index in [0.717, 1.165) is 102 Å². The van der Waals surface area contributed by atoms with Gasteiger partial charge in [0.1, 0.15) is 19.3 Å². The third-order valence-corrected chi connectivity index (χ3v) is 20.1. The molecular formula is C78H152O17P2. The molecule has 2 unspecified atom stereocenters. The Morgan fingerprint density at radius 3 is 0.701 bits per heavy atom. The van der Waals surface area contributed by atoms with Crippen LogP contribution in [0.5, 0.6) is 0 Å². The third kappa shape index (κ3) is 72.2. The van der Waals surface area contributed by atoms with Crippen LogP contribution in [0.4, 0.5) is 0 Å². The summed E-state index contributed by atoms with van der Waals surface area (Å²) in [7, 11) is -9.91. The number of esters is 4. The Kier molecular flexibility index (Phi) is 68.4. The quantitative estimate of drug-likeness (QED) is 0.0222. The molecule has 0 aliphatic rings. The molecule has 17 nitrogen and oxygen atoms in total. The summed E-state index contributed by atoms with van der Waals surface area (Å²) < 4.78 is 68.6. The first-order valence-corrected chi connectivity index (χ1v) is 43.5. The molecule has 0 rings (SSSR count). The van der Waals surface area contributed by atoms with Gasteiger partial charge in [-0.15, -0.1) is 0 Å². The van der Waals surface area contributed by atoms with Gasteiger partial charge in [0.2, 0.25) is 0 Å². The summed E-state index contributed by atoms with van der Waals surface area (Å²) in [5.41, 5.74) is 0. The van der Waals surface area contributed by atoms with Gasteiger partial charge in [0.05, 0.1) is 26.4 Å². The fourth-order valence-corrected chi connectivity index (χ4v) is 13.6. The van der Waals surface area contributed by atoms with Crippen LogP contribution in [0.25, 0.3) is 0 Å². The average Bonchev–Trinajstić information content (AvgIpc) is 2.61. The number of aliphatic hydroxyl groups is 1. The van der Waals surface area contributed by atoms with Crippen molar-refractivity contribution < 1.29 is 80.2 Å². The highest BCUT2D eigenvalue weighted by molar-refractivity contribution is 7.47. The third-order valence-electron chi connectivity index (χ3n) is 18.2. The highest BCUT2D eigenvalue weighted by Gasteiger charge is 2.30. The van der Waals surface area contributed by atoms with Gasteiger partial charge in [-0.1, -0.05) is 356 Å². The molecule has 0 aromatic rings. The topological polar surface area (TPSA) is 237 Å². The summed E-state index contributed by atoms with van der Waals surface area (Å²) in [6.07, 6.45) is 58.2. The Morgan fingerprint density at radius 1 is 0.278 bits per heavy atom. The summed E-state index contributed by atoms with van der Waals surface area (Å²) in [5.74, 6) is -0.538. The first-order chi connectivity index (χ1) is 46.9. The van der Waals surface area contributed by atoms with E-state index in [2.05, 4.69) is 41.5 Å². The van der Waals surface area contributed by atoms with Crippen molar-refractivity contribution in [2.45, 2.75) is 426 Å². The smallest absolute Gasteiger partial charge is 0.462 e. The fourth-order valence-electron chi connectivity index (χ4n) is 12.0. The summed E-state index contributed by atoms with van der Waals surface area (Å²) in [6, 6.07) is 0. The molecule has 0 aromatic heterocycles. The van der Waals surface area contributed by atoms with Crippen LogP contribution in [0.2, 0.25) is 0 Å². The zero-order chi connectivity index (χ0) is 71.4. The maximum atomic E-state index is 13.1. The summed E-state index contributed by atoms with van der Waals surface area (Å²) in [6.45, 7) is 9.63. The van der Waals surface area contributed by atoms with Gasteiger partial charge < -0.3 is 33.8 Å². The monoisotopic (exact) mass is 1420 g/mol. The molecule has 0 saturated carbocycles. The maximum absolute atomic E-state index is 13.1. The van der Waals surface area contributed by atoms with Crippen molar-refractivity contribution in [2.75, 3.05) is 39.6 Å². The van der Waals surface area contributed by atoms with Gasteiger partial charge in [-0.2, -0.15) is 0 Å². The molecule has 97 heavy (non-hydrogen) atoms. The molecule has 0 saturated heterocycles. The normalized spacial score (nSPS) is 14.0. The molecule has 0 aromatic carbocycles. The Hall–Kier alpha value is -1.94. The van der Waals surface area contributed by atoms with Gasteiger partial charge in [-0.3, -0.25) is 37.3 Å². The molecule has 0 aliphatic heterocycles. The number of unbranched alkanes of at least 4 members (excludes halogenated alkanes) is 47. The minimum absolute atomic E-state index is 0.107. The lowest BCUT2D eigenvalue weighted by atomic mass is 10.0. The molecule has 3 N–H and O–H groups in total. The summed E-state index contributed by atoms with van der Waals surface area (Å²) in [5, 5.41) is 10.6. The molecular weight excluding hydrogens is 1270 g/mol. The Labute approximate surface area is 594 Å². The standard InChI is InChI=1S/C78H152O17P2/c1-7-9-11-13-15-17-18-19-22-26-31-37-43-49-55-61-76(81)89-67-74(95-77(82)62-56-50-44-38-32-27-24-21-20-23-25-29-35-40-46-52-58-70(3)4)69-93-97(86,87)91-65-72(79)64-90-96(84,85)92-68-73(66-88-75(80)60-54-48-42-34-16-14-12-10-8-2)94-78(83)63-57-51-45-39-33-28-30-36-41-47-53-59-71(5)6/h70-74,79H,7-69H2,1-6H3,(H,84,85)(H,86,87)/t72-,73+,74+/m0/s1. The average molecular weight is 1420 g/mol. The van der Waals surface area contributed by atoms with Crippen LogP contribution in [0, 0.1) is 11.8 Å². The molecule has 0 bridgehead atoms. The Morgan fingerprint density at radius 2 is 0.474 bits per heavy atom. The molecule has 576 valence electrons. The predicted molar refractivity (Wildman–Crippen MR) is 395 cm³/mol. The summed E-state index contributed by atoms with van der Waals surface area (Å²) in [4.78, 5) is 72.9. The van der Waals surface area contributed by atoms with Crippen molar-refractivity contribution in [3.8, 4) is 0 Å². The van der Waals surface area contributed by atoms with E-state index in [0.29, 0.717) is 25.7 Å². The second-order valence-electron chi connectivity index (χ2n) is 29.1. The highest BCUT2D eigenvalue weighted by Crippen LogP contribution is 2.45. The van der Waals surface area contributed by atoms with E-state index in [9.17, 15) is 43.2 Å². The zero-order valence-electron chi connectivity index (χ0n) is 63.4. The molecule has 0 spiro atoms. The van der Waals surface area contributed by atoms with Crippen molar-refractivity contribution >= 4 is 39.5 Å². The molecule has 0 heterocycles. The molecule has 5 atom stereocenters. The SMILES string of the molecule is CCCCCCCCCCCCCCCCCC(=O)OC[C@H](COP(=O)(O)OC[C@@H](O)COP(=O)(O)OC[C@@H](COC(=O)CCCCCCCCCCC)OC(=O)CCCCCCCCCCCCCC(C)C)OC(=O)CCCCCCCCCCCCCCCCCCC(C)C. The van der Waals surface area contributed by atoms with Crippen molar-refractivity contribution in [3.05, 3.63) is 0 Å². The van der Waals surface area contributed by atoms with Crippen molar-refractivity contribution in [3.63, 3.8) is 0 Å². The van der Waals surface area contributed by atoms with Crippen LogP contribution < -0.4 is 0 Å². The lowest BCUT2D eigenvalue weighted by molar-refractivity contribution is -0.161. The van der Waals surface area contributed by atoms with E-state index in [-0.39, 0.29) is 25.7 Å². The second kappa shape index (κ2) is 69.8. The van der Waals surface area contributed by atoms with Gasteiger partial charge in [0.15, 0.2) is 12.2 Å². The van der Waals surface area contributed by atoms with Gasteiger partial charge in [-0.05, 0) is 37.5 Å². The molecule has 19 heteroatoms. The van der Waals surface area contributed by atoms with Gasteiger partial charge in [0, 0.05) is 25.7 Å². The van der Waals surface area contributed by atoms with E-state index >= 15 is 0 Å². The van der Waals surface area contributed by atoms with Gasteiger partial charge in [-0.25, -0.2) is 9.13 Å². The molecule has 0 aliphatic carbocycles. The van der Waals surface area contributed by atoms with Crippen LogP contribution in [-0.2, 0) is 65.4 Å². The maximum Gasteiger partial charge on any atom is 0.472 e. The number of hydrogen-bond donors (Lipinski definition) is 3. The van der Waals surface area contributed by atoms with Gasteiger partial charge in [0.25, 0.3) is 0 Å². The van der Waals surface area contributed by atoms with Crippen LogP contribution in [0.1, 0.15) is 408 Å². The number of phosphoric acid groups is 2. The minimum Gasteiger partial charge on any atom is -0.462 e. The predicted octanol–water partition coefficient (Wildman–Crippen LogP) is 23.1. The Bertz CT molecular complexity index is 1870. The molecule has 0 amide bonds. The fraction of sp³-hybridized carbons (Fsp3) is 0.949. The molecule has 0 radical (unpaired) electrons. The van der Waals surface area contributed by atoms with Crippen LogP contribution in [-0.4, -0.2) is 96.7 Å². The first-order valence-electron chi connectivity index (χ1n) is 40.5. The van der Waals surface area contributed by atoms with Crippen LogP contribution in [0.3, 0.4) is 0 Å². The largest absolute Gasteiger partial charge is 0.472 e. The molecule has 0 fully saturated rings. The first kappa shape index (κ1) is 95.1. The summed E-state index contributed by atoms with van der Waals surface area (Å²) >= 11 is 0. The van der Waals surface area contributed by atoms with Crippen LogP contribution >= 0.6 is 15.6 Å². The number of carbonyl (C=O) groups is 4. The lowest BCUT2D eigenvalue weighted by Crippen LogP contribution is -2.30. The number of phosphoric ester groups is 2. The van der Waals surface area contributed by atoms with Crippen molar-refractivity contribution in [1.82, 2.24) is 0 Å².